The Morgan fingerprint density at radius 1 is 1.26 bits per heavy atom. The van der Waals surface area contributed by atoms with Crippen LogP contribution >= 0.6 is 0 Å². The third-order valence-corrected chi connectivity index (χ3v) is 4.52. The number of pyridine rings is 1. The van der Waals surface area contributed by atoms with Crippen LogP contribution in [0.3, 0.4) is 0 Å². The molecule has 0 spiro atoms. The molecule has 0 saturated carbocycles. The summed E-state index contributed by atoms with van der Waals surface area (Å²) in [5.41, 5.74) is 0.772. The van der Waals surface area contributed by atoms with Gasteiger partial charge in [0.2, 0.25) is 11.8 Å². The van der Waals surface area contributed by atoms with Crippen molar-refractivity contribution in [2.24, 2.45) is 5.92 Å². The van der Waals surface area contributed by atoms with Gasteiger partial charge in [0.1, 0.15) is 11.9 Å². The lowest BCUT2D eigenvalue weighted by molar-refractivity contribution is -0.133. The average Bonchev–Trinajstić information content (AvgIpc) is 2.58. The standard InChI is InChI=1S/C16H22N4O3/c21-10-11-5-7-20(8-6-11)14-3-1-12(9-17-14)18-13-2-4-15(22)19-16(13)23/h1,3,9,11,13,18,21H,2,4-8,10H2,(H,19,22,23). The van der Waals surface area contributed by atoms with E-state index >= 15 is 0 Å². The fourth-order valence-corrected chi connectivity index (χ4v) is 3.04. The quantitative estimate of drug-likeness (QED) is 0.700. The number of imide groups is 1. The molecule has 1 atom stereocenters. The smallest absolute Gasteiger partial charge is 0.249 e. The first-order valence-electron chi connectivity index (χ1n) is 8.08. The summed E-state index contributed by atoms with van der Waals surface area (Å²) >= 11 is 0. The van der Waals surface area contributed by atoms with Crippen molar-refractivity contribution in [1.29, 1.82) is 0 Å². The molecule has 2 aliphatic rings. The normalized spacial score (nSPS) is 22.8. The zero-order valence-electron chi connectivity index (χ0n) is 13.0. The molecule has 1 unspecified atom stereocenters. The van der Waals surface area contributed by atoms with Crippen LogP contribution in [0.1, 0.15) is 25.7 Å². The first-order valence-corrected chi connectivity index (χ1v) is 8.08. The lowest BCUT2D eigenvalue weighted by atomic mass is 9.98. The minimum Gasteiger partial charge on any atom is -0.396 e. The molecule has 7 nitrogen and oxygen atoms in total. The Hall–Kier alpha value is -2.15. The van der Waals surface area contributed by atoms with Crippen LogP contribution in [-0.4, -0.2) is 47.6 Å². The summed E-state index contributed by atoms with van der Waals surface area (Å²) < 4.78 is 0. The number of amides is 2. The van der Waals surface area contributed by atoms with E-state index in [0.717, 1.165) is 37.4 Å². The molecule has 2 aliphatic heterocycles. The Labute approximate surface area is 135 Å². The van der Waals surface area contributed by atoms with E-state index in [-0.39, 0.29) is 24.5 Å². The van der Waals surface area contributed by atoms with E-state index in [2.05, 4.69) is 20.5 Å². The Morgan fingerprint density at radius 2 is 2.04 bits per heavy atom. The molecule has 1 aromatic heterocycles. The summed E-state index contributed by atoms with van der Waals surface area (Å²) in [6, 6.07) is 3.46. The van der Waals surface area contributed by atoms with Crippen LogP contribution in [0.15, 0.2) is 18.3 Å². The first-order chi connectivity index (χ1) is 11.2. The molecule has 23 heavy (non-hydrogen) atoms. The van der Waals surface area contributed by atoms with Gasteiger partial charge >= 0.3 is 0 Å². The van der Waals surface area contributed by atoms with Crippen molar-refractivity contribution >= 4 is 23.3 Å². The summed E-state index contributed by atoms with van der Waals surface area (Å²) in [4.78, 5) is 29.6. The number of aromatic nitrogens is 1. The number of hydrogen-bond acceptors (Lipinski definition) is 6. The predicted octanol–water partition coefficient (Wildman–Crippen LogP) is 0.507. The lowest BCUT2D eigenvalue weighted by Crippen LogP contribution is -2.47. The number of aliphatic hydroxyl groups is 1. The van der Waals surface area contributed by atoms with E-state index in [1.54, 1.807) is 6.20 Å². The number of anilines is 2. The van der Waals surface area contributed by atoms with Crippen molar-refractivity contribution in [3.8, 4) is 0 Å². The number of aliphatic hydroxyl groups excluding tert-OH is 1. The van der Waals surface area contributed by atoms with Crippen LogP contribution in [0.4, 0.5) is 11.5 Å². The SMILES string of the molecule is O=C1CCC(Nc2ccc(N3CCC(CO)CC3)nc2)C(=O)N1. The Balaban J connectivity index is 1.57. The summed E-state index contributed by atoms with van der Waals surface area (Å²) in [7, 11) is 0. The van der Waals surface area contributed by atoms with Crippen molar-refractivity contribution in [2.75, 3.05) is 29.9 Å². The van der Waals surface area contributed by atoms with Gasteiger partial charge in [-0.3, -0.25) is 14.9 Å². The number of rotatable bonds is 4. The maximum absolute atomic E-state index is 11.7. The van der Waals surface area contributed by atoms with E-state index < -0.39 is 0 Å². The van der Waals surface area contributed by atoms with E-state index in [1.807, 2.05) is 12.1 Å². The molecule has 3 heterocycles. The van der Waals surface area contributed by atoms with Gasteiger partial charge in [-0.15, -0.1) is 0 Å². The Morgan fingerprint density at radius 3 is 2.65 bits per heavy atom. The van der Waals surface area contributed by atoms with Crippen LogP contribution in [0.2, 0.25) is 0 Å². The zero-order valence-corrected chi connectivity index (χ0v) is 13.0. The van der Waals surface area contributed by atoms with Gasteiger partial charge in [0.15, 0.2) is 0 Å². The molecule has 7 heteroatoms. The van der Waals surface area contributed by atoms with Crippen LogP contribution in [-0.2, 0) is 9.59 Å². The Kier molecular flexibility index (Phi) is 4.76. The highest BCUT2D eigenvalue weighted by Gasteiger charge is 2.26. The highest BCUT2D eigenvalue weighted by Crippen LogP contribution is 2.22. The maximum Gasteiger partial charge on any atom is 0.249 e. The van der Waals surface area contributed by atoms with Crippen LogP contribution in [0, 0.1) is 5.92 Å². The summed E-state index contributed by atoms with van der Waals surface area (Å²) in [6.07, 6.45) is 4.54. The number of hydrogen-bond donors (Lipinski definition) is 3. The van der Waals surface area contributed by atoms with E-state index in [0.29, 0.717) is 18.8 Å². The molecule has 124 valence electrons. The summed E-state index contributed by atoms with van der Waals surface area (Å²) in [5, 5.41) is 14.6. The van der Waals surface area contributed by atoms with Gasteiger partial charge in [-0.05, 0) is 37.3 Å². The third kappa shape index (κ3) is 3.79. The maximum atomic E-state index is 11.7. The molecule has 0 bridgehead atoms. The minimum atomic E-state index is -0.388. The van der Waals surface area contributed by atoms with Crippen molar-refractivity contribution in [1.82, 2.24) is 10.3 Å². The molecular weight excluding hydrogens is 296 g/mol. The number of carbonyl (C=O) groups excluding carboxylic acids is 2. The van der Waals surface area contributed by atoms with Crippen LogP contribution in [0.25, 0.3) is 0 Å². The van der Waals surface area contributed by atoms with Gasteiger partial charge in [-0.1, -0.05) is 0 Å². The second kappa shape index (κ2) is 6.95. The molecule has 1 aromatic rings. The first kappa shape index (κ1) is 15.7. The van der Waals surface area contributed by atoms with E-state index in [4.69, 9.17) is 0 Å². The Bertz CT molecular complexity index is 567. The molecule has 0 radical (unpaired) electrons. The second-order valence-corrected chi connectivity index (χ2v) is 6.17. The van der Waals surface area contributed by atoms with Gasteiger partial charge in [-0.2, -0.15) is 0 Å². The topological polar surface area (TPSA) is 94.6 Å². The van der Waals surface area contributed by atoms with Gasteiger partial charge in [0.25, 0.3) is 0 Å². The molecule has 2 fully saturated rings. The third-order valence-electron chi connectivity index (χ3n) is 4.52. The summed E-state index contributed by atoms with van der Waals surface area (Å²) in [6.45, 7) is 2.06. The molecule has 3 rings (SSSR count). The van der Waals surface area contributed by atoms with Gasteiger partial charge in [-0.25, -0.2) is 4.98 Å². The highest BCUT2D eigenvalue weighted by molar-refractivity contribution is 6.01. The monoisotopic (exact) mass is 318 g/mol. The van der Waals surface area contributed by atoms with Gasteiger partial charge < -0.3 is 15.3 Å². The number of piperidine rings is 2. The number of nitrogens with one attached hydrogen (secondary N) is 2. The lowest BCUT2D eigenvalue weighted by Gasteiger charge is -2.32. The summed E-state index contributed by atoms with van der Waals surface area (Å²) in [5.74, 6) is 0.819. The number of carbonyl (C=O) groups is 2. The molecule has 0 aliphatic carbocycles. The van der Waals surface area contributed by atoms with Crippen molar-refractivity contribution < 1.29 is 14.7 Å². The fourth-order valence-electron chi connectivity index (χ4n) is 3.04. The highest BCUT2D eigenvalue weighted by atomic mass is 16.3. The number of nitrogens with zero attached hydrogens (tertiary/aromatic N) is 2. The minimum absolute atomic E-state index is 0.215. The predicted molar refractivity (Wildman–Crippen MR) is 86.1 cm³/mol. The van der Waals surface area contributed by atoms with Crippen molar-refractivity contribution in [2.45, 2.75) is 31.7 Å². The second-order valence-electron chi connectivity index (χ2n) is 6.17. The van der Waals surface area contributed by atoms with Crippen LogP contribution < -0.4 is 15.5 Å². The van der Waals surface area contributed by atoms with Crippen LogP contribution in [0.5, 0.6) is 0 Å². The molecule has 0 aromatic carbocycles. The molecule has 2 amide bonds. The zero-order chi connectivity index (χ0) is 16.2. The van der Waals surface area contributed by atoms with Gasteiger partial charge in [0.05, 0.1) is 11.9 Å². The molecular formula is C16H22N4O3. The average molecular weight is 318 g/mol. The molecule has 2 saturated heterocycles. The largest absolute Gasteiger partial charge is 0.396 e. The van der Waals surface area contributed by atoms with E-state index in [1.165, 1.54) is 0 Å². The molecule has 3 N–H and O–H groups in total. The van der Waals surface area contributed by atoms with Crippen molar-refractivity contribution in [3.63, 3.8) is 0 Å². The van der Waals surface area contributed by atoms with Crippen molar-refractivity contribution in [3.05, 3.63) is 18.3 Å². The van der Waals surface area contributed by atoms with Gasteiger partial charge in [0, 0.05) is 26.1 Å². The fraction of sp³-hybridized carbons (Fsp3) is 0.562. The van der Waals surface area contributed by atoms with E-state index in [9.17, 15) is 14.7 Å².